The number of nitrogen functional groups attached to an aromatic ring is 1. The van der Waals surface area contributed by atoms with E-state index in [1.807, 2.05) is 37.3 Å². The third kappa shape index (κ3) is 4.14. The van der Waals surface area contributed by atoms with Crippen LogP contribution in [0, 0.1) is 5.92 Å². The number of hydrogen-bond donors (Lipinski definition) is 2. The van der Waals surface area contributed by atoms with Crippen molar-refractivity contribution < 1.29 is 9.53 Å². The minimum absolute atomic E-state index is 0.274. The molecule has 0 aliphatic rings. The van der Waals surface area contributed by atoms with E-state index >= 15 is 0 Å². The van der Waals surface area contributed by atoms with Crippen LogP contribution in [-0.4, -0.2) is 18.7 Å². The zero-order valence-electron chi connectivity index (χ0n) is 14.4. The van der Waals surface area contributed by atoms with Gasteiger partial charge >= 0.3 is 0 Å². The molecule has 2 rings (SSSR count). The van der Waals surface area contributed by atoms with E-state index in [-0.39, 0.29) is 5.91 Å². The van der Waals surface area contributed by atoms with Crippen molar-refractivity contribution in [1.29, 1.82) is 0 Å². The van der Waals surface area contributed by atoms with E-state index in [0.717, 1.165) is 28.3 Å². The topological polar surface area (TPSA) is 76.7 Å². The molecule has 3 N–H and O–H groups in total. The molecule has 2 aromatic rings. The summed E-state index contributed by atoms with van der Waals surface area (Å²) in [5, 5.41) is 4.22. The van der Waals surface area contributed by atoms with Crippen LogP contribution >= 0.6 is 11.3 Å². The van der Waals surface area contributed by atoms with Gasteiger partial charge in [-0.05, 0) is 48.2 Å². The van der Waals surface area contributed by atoms with Gasteiger partial charge in [0, 0.05) is 10.6 Å². The SMILES string of the molecule is CC/C(=N/NC(=O)c1sc(-c2ccc(OC)cc2)cc1N)C(C)C. The molecule has 0 unspecified atom stereocenters. The summed E-state index contributed by atoms with van der Waals surface area (Å²) in [5.41, 5.74) is 11.0. The fourth-order valence-electron chi connectivity index (χ4n) is 2.27. The minimum atomic E-state index is -0.274. The number of thiophene rings is 1. The number of carbonyl (C=O) groups is 1. The Labute approximate surface area is 146 Å². The maximum Gasteiger partial charge on any atom is 0.283 e. The molecule has 128 valence electrons. The standard InChI is InChI=1S/C18H23N3O2S/c1-5-15(11(2)3)20-21-18(22)17-14(19)10-16(24-17)12-6-8-13(23-4)9-7-12/h6-11H,5,19H2,1-4H3,(H,21,22)/b20-15-. The Kier molecular flexibility index (Phi) is 5.98. The Bertz CT molecular complexity index is 733. The molecular weight excluding hydrogens is 322 g/mol. The van der Waals surface area contributed by atoms with E-state index in [4.69, 9.17) is 10.5 Å². The van der Waals surface area contributed by atoms with E-state index in [1.165, 1.54) is 11.3 Å². The van der Waals surface area contributed by atoms with Gasteiger partial charge < -0.3 is 10.5 Å². The molecule has 5 nitrogen and oxygen atoms in total. The summed E-state index contributed by atoms with van der Waals surface area (Å²) in [6.07, 6.45) is 0.801. The van der Waals surface area contributed by atoms with Crippen molar-refractivity contribution in [2.24, 2.45) is 11.0 Å². The zero-order valence-corrected chi connectivity index (χ0v) is 15.2. The lowest BCUT2D eigenvalue weighted by Crippen LogP contribution is -2.21. The summed E-state index contributed by atoms with van der Waals surface area (Å²) < 4.78 is 5.16. The van der Waals surface area contributed by atoms with Crippen molar-refractivity contribution in [2.75, 3.05) is 12.8 Å². The normalized spacial score (nSPS) is 11.6. The van der Waals surface area contributed by atoms with Gasteiger partial charge in [0.25, 0.3) is 5.91 Å². The first kappa shape index (κ1) is 18.0. The van der Waals surface area contributed by atoms with Gasteiger partial charge in [0.1, 0.15) is 10.6 Å². The first-order valence-corrected chi connectivity index (χ1v) is 8.68. The Morgan fingerprint density at radius 2 is 2.00 bits per heavy atom. The summed E-state index contributed by atoms with van der Waals surface area (Å²) in [6.45, 7) is 6.12. The third-order valence-electron chi connectivity index (χ3n) is 3.67. The van der Waals surface area contributed by atoms with Gasteiger partial charge in [-0.25, -0.2) is 5.43 Å². The van der Waals surface area contributed by atoms with Crippen LogP contribution in [0.25, 0.3) is 10.4 Å². The maximum absolute atomic E-state index is 12.3. The summed E-state index contributed by atoms with van der Waals surface area (Å²) in [4.78, 5) is 13.8. The Balaban J connectivity index is 2.20. The molecule has 1 amide bonds. The monoisotopic (exact) mass is 345 g/mol. The molecule has 0 saturated carbocycles. The molecule has 0 fully saturated rings. The van der Waals surface area contributed by atoms with Gasteiger partial charge in [0.15, 0.2) is 0 Å². The van der Waals surface area contributed by atoms with Crippen molar-refractivity contribution in [2.45, 2.75) is 27.2 Å². The number of nitrogens with one attached hydrogen (secondary N) is 1. The van der Waals surface area contributed by atoms with Crippen LogP contribution in [0.2, 0.25) is 0 Å². The first-order valence-electron chi connectivity index (χ1n) is 7.86. The highest BCUT2D eigenvalue weighted by Gasteiger charge is 2.15. The van der Waals surface area contributed by atoms with E-state index < -0.39 is 0 Å². The lowest BCUT2D eigenvalue weighted by atomic mass is 10.1. The molecule has 24 heavy (non-hydrogen) atoms. The van der Waals surface area contributed by atoms with Gasteiger partial charge in [-0.15, -0.1) is 11.3 Å². The van der Waals surface area contributed by atoms with Crippen LogP contribution in [-0.2, 0) is 0 Å². The molecule has 1 heterocycles. The van der Waals surface area contributed by atoms with E-state index in [0.29, 0.717) is 16.5 Å². The molecule has 0 spiro atoms. The third-order valence-corrected chi connectivity index (χ3v) is 4.87. The number of methoxy groups -OCH3 is 1. The molecule has 0 aliphatic carbocycles. The van der Waals surface area contributed by atoms with Gasteiger partial charge in [-0.3, -0.25) is 4.79 Å². The molecule has 1 aromatic heterocycles. The number of hydrogen-bond acceptors (Lipinski definition) is 5. The fourth-order valence-corrected chi connectivity index (χ4v) is 3.24. The van der Waals surface area contributed by atoms with Gasteiger partial charge in [0.2, 0.25) is 0 Å². The Morgan fingerprint density at radius 3 is 2.54 bits per heavy atom. The number of nitrogens with zero attached hydrogens (tertiary/aromatic N) is 1. The molecule has 0 bridgehead atoms. The van der Waals surface area contributed by atoms with Crippen molar-refractivity contribution in [3.05, 3.63) is 35.2 Å². The molecule has 0 aliphatic heterocycles. The van der Waals surface area contributed by atoms with Gasteiger partial charge in [-0.2, -0.15) is 5.10 Å². The number of hydrazone groups is 1. The molecule has 0 saturated heterocycles. The minimum Gasteiger partial charge on any atom is -0.497 e. The summed E-state index contributed by atoms with van der Waals surface area (Å²) >= 11 is 1.35. The van der Waals surface area contributed by atoms with Gasteiger partial charge in [-0.1, -0.05) is 20.8 Å². The molecular formula is C18H23N3O2S. The molecule has 1 aromatic carbocycles. The molecule has 0 atom stereocenters. The van der Waals surface area contributed by atoms with Crippen LogP contribution in [0.5, 0.6) is 5.75 Å². The summed E-state index contributed by atoms with van der Waals surface area (Å²) in [5.74, 6) is 0.811. The number of amides is 1. The van der Waals surface area contributed by atoms with Crippen LogP contribution in [0.1, 0.15) is 36.9 Å². The van der Waals surface area contributed by atoms with Crippen molar-refractivity contribution in [1.82, 2.24) is 5.43 Å². The number of rotatable bonds is 6. The largest absolute Gasteiger partial charge is 0.497 e. The van der Waals surface area contributed by atoms with Crippen molar-refractivity contribution >= 4 is 28.6 Å². The predicted molar refractivity (Wildman–Crippen MR) is 101 cm³/mol. The highest BCUT2D eigenvalue weighted by atomic mass is 32.1. The average Bonchev–Trinajstić information content (AvgIpc) is 2.97. The number of anilines is 1. The van der Waals surface area contributed by atoms with Gasteiger partial charge in [0.05, 0.1) is 12.8 Å². The second kappa shape index (κ2) is 7.97. The highest BCUT2D eigenvalue weighted by Crippen LogP contribution is 2.33. The number of ether oxygens (including phenoxy) is 1. The van der Waals surface area contributed by atoms with Crippen LogP contribution in [0.4, 0.5) is 5.69 Å². The molecule has 6 heteroatoms. The quantitative estimate of drug-likeness (QED) is 0.610. The average molecular weight is 345 g/mol. The van der Waals surface area contributed by atoms with Crippen molar-refractivity contribution in [3.8, 4) is 16.2 Å². The van der Waals surface area contributed by atoms with Crippen LogP contribution in [0.3, 0.4) is 0 Å². The number of carbonyl (C=O) groups excluding carboxylic acids is 1. The van der Waals surface area contributed by atoms with E-state index in [1.54, 1.807) is 7.11 Å². The fraction of sp³-hybridized carbons (Fsp3) is 0.333. The van der Waals surface area contributed by atoms with E-state index in [9.17, 15) is 4.79 Å². The zero-order chi connectivity index (χ0) is 17.7. The maximum atomic E-state index is 12.3. The van der Waals surface area contributed by atoms with E-state index in [2.05, 4.69) is 24.4 Å². The first-order chi connectivity index (χ1) is 11.5. The number of nitrogens with two attached hydrogens (primary N) is 1. The second-order valence-electron chi connectivity index (χ2n) is 5.68. The van der Waals surface area contributed by atoms with Crippen LogP contribution < -0.4 is 15.9 Å². The smallest absolute Gasteiger partial charge is 0.283 e. The molecule has 0 radical (unpaired) electrons. The predicted octanol–water partition coefficient (Wildman–Crippen LogP) is 4.16. The van der Waals surface area contributed by atoms with Crippen LogP contribution in [0.15, 0.2) is 35.4 Å². The summed E-state index contributed by atoms with van der Waals surface area (Å²) in [7, 11) is 1.63. The number of benzene rings is 1. The van der Waals surface area contributed by atoms with Crippen molar-refractivity contribution in [3.63, 3.8) is 0 Å². The highest BCUT2D eigenvalue weighted by molar-refractivity contribution is 7.18. The summed E-state index contributed by atoms with van der Waals surface area (Å²) in [6, 6.07) is 9.46. The Hall–Kier alpha value is -2.34. The Morgan fingerprint density at radius 1 is 1.33 bits per heavy atom. The second-order valence-corrected chi connectivity index (χ2v) is 6.73. The lowest BCUT2D eigenvalue weighted by Gasteiger charge is -2.07. The lowest BCUT2D eigenvalue weighted by molar-refractivity contribution is 0.0959.